The second-order valence-electron chi connectivity index (χ2n) is 3.24. The van der Waals surface area contributed by atoms with Crippen LogP contribution in [-0.2, 0) is 6.42 Å². The minimum absolute atomic E-state index is 0.338. The molecule has 0 saturated carbocycles. The molecule has 0 aliphatic heterocycles. The Hall–Kier alpha value is -0.390. The molecule has 0 unspecified atom stereocenters. The van der Waals surface area contributed by atoms with Gasteiger partial charge in [-0.1, -0.05) is 20.8 Å². The molecule has 1 aromatic heterocycles. The van der Waals surface area contributed by atoms with E-state index in [2.05, 4.69) is 53.3 Å². The van der Waals surface area contributed by atoms with Gasteiger partial charge in [-0.25, -0.2) is 9.97 Å². The average Bonchev–Trinajstić information content (AvgIpc) is 2.09. The van der Waals surface area contributed by atoms with E-state index < -0.39 is 0 Å². The maximum absolute atomic E-state index is 5.78. The van der Waals surface area contributed by atoms with Gasteiger partial charge in [0.05, 0.1) is 9.26 Å². The smallest absolute Gasteiger partial charge is 0.140 e. The lowest BCUT2D eigenvalue weighted by molar-refractivity contribution is 0.758. The summed E-state index contributed by atoms with van der Waals surface area (Å²) in [5, 5.41) is 0. The van der Waals surface area contributed by atoms with Crippen LogP contribution >= 0.6 is 22.6 Å². The zero-order chi connectivity index (χ0) is 10.0. The molecule has 13 heavy (non-hydrogen) atoms. The summed E-state index contributed by atoms with van der Waals surface area (Å²) < 4.78 is 0.990. The van der Waals surface area contributed by atoms with Crippen molar-refractivity contribution in [1.29, 1.82) is 0 Å². The molecule has 1 heterocycles. The monoisotopic (exact) mass is 291 g/mol. The van der Waals surface area contributed by atoms with Gasteiger partial charge in [0.2, 0.25) is 0 Å². The topological polar surface area (TPSA) is 51.8 Å². The Kier molecular flexibility index (Phi) is 3.47. The van der Waals surface area contributed by atoms with E-state index in [1.807, 2.05) is 0 Å². The lowest BCUT2D eigenvalue weighted by Crippen LogP contribution is -2.07. The van der Waals surface area contributed by atoms with Crippen LogP contribution in [0.2, 0.25) is 0 Å². The highest BCUT2D eigenvalue weighted by atomic mass is 127. The van der Waals surface area contributed by atoms with Gasteiger partial charge in [-0.15, -0.1) is 0 Å². The van der Waals surface area contributed by atoms with Gasteiger partial charge in [-0.2, -0.15) is 0 Å². The maximum atomic E-state index is 5.78. The lowest BCUT2D eigenvalue weighted by atomic mass is 10.2. The molecule has 1 rings (SSSR count). The van der Waals surface area contributed by atoms with Crippen LogP contribution in [0.15, 0.2) is 0 Å². The number of aryl methyl sites for hydroxylation is 1. The second kappa shape index (κ2) is 4.21. The van der Waals surface area contributed by atoms with Gasteiger partial charge < -0.3 is 5.73 Å². The highest BCUT2D eigenvalue weighted by Gasteiger charge is 2.10. The van der Waals surface area contributed by atoms with Crippen LogP contribution in [0.1, 0.15) is 38.2 Å². The first-order chi connectivity index (χ1) is 6.06. The molecule has 0 aliphatic rings. The predicted molar refractivity (Wildman–Crippen MR) is 62.6 cm³/mol. The van der Waals surface area contributed by atoms with E-state index in [1.54, 1.807) is 0 Å². The minimum atomic E-state index is 0.338. The standard InChI is InChI=1S/C9H14IN3/c1-4-6-7(10)8(11)13-9(12-6)5(2)3/h5H,4H2,1-3H3,(H2,11,12,13). The summed E-state index contributed by atoms with van der Waals surface area (Å²) in [6.45, 7) is 6.22. The molecule has 0 radical (unpaired) electrons. The van der Waals surface area contributed by atoms with Crippen molar-refractivity contribution in [2.45, 2.75) is 33.1 Å². The van der Waals surface area contributed by atoms with Crippen LogP contribution < -0.4 is 5.73 Å². The Labute approximate surface area is 92.3 Å². The lowest BCUT2D eigenvalue weighted by Gasteiger charge is -2.09. The van der Waals surface area contributed by atoms with Crippen molar-refractivity contribution in [3.8, 4) is 0 Å². The van der Waals surface area contributed by atoms with Crippen LogP contribution in [0.5, 0.6) is 0 Å². The van der Waals surface area contributed by atoms with Crippen LogP contribution in [-0.4, -0.2) is 9.97 Å². The van der Waals surface area contributed by atoms with Crippen molar-refractivity contribution in [3.05, 3.63) is 15.1 Å². The molecule has 72 valence electrons. The summed E-state index contributed by atoms with van der Waals surface area (Å²) in [5.41, 5.74) is 6.83. The summed E-state index contributed by atoms with van der Waals surface area (Å²) in [4.78, 5) is 8.69. The number of rotatable bonds is 2. The van der Waals surface area contributed by atoms with Gasteiger partial charge in [-0.05, 0) is 29.0 Å². The Balaban J connectivity index is 3.22. The number of halogens is 1. The van der Waals surface area contributed by atoms with Crippen molar-refractivity contribution < 1.29 is 0 Å². The molecule has 3 nitrogen and oxygen atoms in total. The fraction of sp³-hybridized carbons (Fsp3) is 0.556. The van der Waals surface area contributed by atoms with Crippen molar-refractivity contribution >= 4 is 28.4 Å². The first-order valence-electron chi connectivity index (χ1n) is 4.38. The molecule has 0 fully saturated rings. The summed E-state index contributed by atoms with van der Waals surface area (Å²) >= 11 is 2.20. The molecule has 4 heteroatoms. The quantitative estimate of drug-likeness (QED) is 0.851. The van der Waals surface area contributed by atoms with Crippen LogP contribution in [0.4, 0.5) is 5.82 Å². The van der Waals surface area contributed by atoms with Crippen LogP contribution in [0.3, 0.4) is 0 Å². The molecule has 0 saturated heterocycles. The highest BCUT2D eigenvalue weighted by molar-refractivity contribution is 14.1. The molecule has 1 aromatic rings. The Morgan fingerprint density at radius 2 is 2.00 bits per heavy atom. The normalized spacial score (nSPS) is 10.8. The number of nitrogen functional groups attached to an aromatic ring is 1. The third-order valence-corrected chi connectivity index (χ3v) is 2.99. The third-order valence-electron chi connectivity index (χ3n) is 1.81. The Morgan fingerprint density at radius 1 is 1.38 bits per heavy atom. The van der Waals surface area contributed by atoms with Gasteiger partial charge in [-0.3, -0.25) is 0 Å². The highest BCUT2D eigenvalue weighted by Crippen LogP contribution is 2.19. The van der Waals surface area contributed by atoms with E-state index in [0.717, 1.165) is 21.5 Å². The van der Waals surface area contributed by atoms with E-state index in [4.69, 9.17) is 5.73 Å². The molecule has 0 amide bonds. The fourth-order valence-corrected chi connectivity index (χ4v) is 1.65. The fourth-order valence-electron chi connectivity index (χ4n) is 1.03. The minimum Gasteiger partial charge on any atom is -0.383 e. The second-order valence-corrected chi connectivity index (χ2v) is 4.31. The first kappa shape index (κ1) is 10.7. The molecular weight excluding hydrogens is 277 g/mol. The number of hydrogen-bond donors (Lipinski definition) is 1. The molecule has 0 aliphatic carbocycles. The number of hydrogen-bond acceptors (Lipinski definition) is 3. The average molecular weight is 291 g/mol. The van der Waals surface area contributed by atoms with Crippen molar-refractivity contribution in [2.75, 3.05) is 5.73 Å². The van der Waals surface area contributed by atoms with Crippen molar-refractivity contribution in [1.82, 2.24) is 9.97 Å². The molecular formula is C9H14IN3. The number of nitrogens with two attached hydrogens (primary N) is 1. The van der Waals surface area contributed by atoms with Gasteiger partial charge >= 0.3 is 0 Å². The molecule has 0 spiro atoms. The maximum Gasteiger partial charge on any atom is 0.140 e. The Bertz CT molecular complexity index is 310. The van der Waals surface area contributed by atoms with Gasteiger partial charge in [0.15, 0.2) is 0 Å². The van der Waals surface area contributed by atoms with Crippen LogP contribution in [0, 0.1) is 3.57 Å². The zero-order valence-electron chi connectivity index (χ0n) is 8.13. The van der Waals surface area contributed by atoms with Gasteiger partial charge in [0.1, 0.15) is 11.6 Å². The van der Waals surface area contributed by atoms with E-state index in [1.165, 1.54) is 0 Å². The number of anilines is 1. The predicted octanol–water partition coefficient (Wildman–Crippen LogP) is 2.35. The van der Waals surface area contributed by atoms with Gasteiger partial charge in [0.25, 0.3) is 0 Å². The SMILES string of the molecule is CCc1nc(C(C)C)nc(N)c1I. The summed E-state index contributed by atoms with van der Waals surface area (Å²) in [7, 11) is 0. The van der Waals surface area contributed by atoms with Crippen molar-refractivity contribution in [2.24, 2.45) is 0 Å². The molecule has 0 bridgehead atoms. The summed E-state index contributed by atoms with van der Waals surface area (Å²) in [5.74, 6) is 1.79. The van der Waals surface area contributed by atoms with E-state index >= 15 is 0 Å². The number of nitrogens with zero attached hydrogens (tertiary/aromatic N) is 2. The molecule has 2 N–H and O–H groups in total. The summed E-state index contributed by atoms with van der Waals surface area (Å²) in [6.07, 6.45) is 0.907. The van der Waals surface area contributed by atoms with E-state index in [-0.39, 0.29) is 0 Å². The van der Waals surface area contributed by atoms with Crippen LogP contribution in [0.25, 0.3) is 0 Å². The Morgan fingerprint density at radius 3 is 2.46 bits per heavy atom. The van der Waals surface area contributed by atoms with Gasteiger partial charge in [0, 0.05) is 5.92 Å². The third kappa shape index (κ3) is 2.30. The zero-order valence-corrected chi connectivity index (χ0v) is 10.3. The van der Waals surface area contributed by atoms with E-state index in [0.29, 0.717) is 11.7 Å². The summed E-state index contributed by atoms with van der Waals surface area (Å²) in [6, 6.07) is 0. The van der Waals surface area contributed by atoms with E-state index in [9.17, 15) is 0 Å². The molecule has 0 atom stereocenters. The molecule has 0 aromatic carbocycles. The first-order valence-corrected chi connectivity index (χ1v) is 5.45. The largest absolute Gasteiger partial charge is 0.383 e. The number of aromatic nitrogens is 2. The van der Waals surface area contributed by atoms with Crippen molar-refractivity contribution in [3.63, 3.8) is 0 Å².